The number of ketones is 1. The van der Waals surface area contributed by atoms with E-state index in [1.54, 1.807) is 5.38 Å². The zero-order chi connectivity index (χ0) is 18.7. The molecule has 0 spiro atoms. The predicted octanol–water partition coefficient (Wildman–Crippen LogP) is 4.17. The summed E-state index contributed by atoms with van der Waals surface area (Å²) >= 11 is 1.43. The summed E-state index contributed by atoms with van der Waals surface area (Å²) in [4.78, 5) is 28.8. The number of carbonyl (C=O) groups excluding carboxylic acids is 1. The maximum atomic E-state index is 13.6. The summed E-state index contributed by atoms with van der Waals surface area (Å²) in [5.41, 5.74) is -0.0454. The van der Waals surface area contributed by atoms with Crippen LogP contribution >= 0.6 is 11.3 Å². The summed E-state index contributed by atoms with van der Waals surface area (Å²) in [5, 5.41) is 11.6. The molecule has 1 aliphatic heterocycles. The lowest BCUT2D eigenvalue weighted by molar-refractivity contribution is 0.104. The molecule has 5 nitrogen and oxygen atoms in total. The Morgan fingerprint density at radius 3 is 2.50 bits per heavy atom. The summed E-state index contributed by atoms with van der Waals surface area (Å²) in [6.45, 7) is 0.936. The third-order valence-electron chi connectivity index (χ3n) is 4.27. The van der Waals surface area contributed by atoms with Crippen LogP contribution in [0.15, 0.2) is 29.7 Å². The maximum Gasteiger partial charge on any atom is 0.407 e. The van der Waals surface area contributed by atoms with Gasteiger partial charge in [0, 0.05) is 24.4 Å². The van der Waals surface area contributed by atoms with Gasteiger partial charge in [0.2, 0.25) is 0 Å². The molecule has 1 aromatic carbocycles. The van der Waals surface area contributed by atoms with E-state index in [1.807, 2.05) is 0 Å². The average molecular weight is 378 g/mol. The molecular formula is C18H16F2N2O3S. The number of hydrogen-bond donors (Lipinski definition) is 1. The number of allylic oxidation sites excluding steroid dienone is 1. The molecule has 1 fully saturated rings. The number of likely N-dealkylation sites (tertiary alicyclic amines) is 1. The van der Waals surface area contributed by atoms with Crippen LogP contribution in [0.4, 0.5) is 13.6 Å². The van der Waals surface area contributed by atoms with Gasteiger partial charge in [-0.2, -0.15) is 0 Å². The monoisotopic (exact) mass is 378 g/mol. The minimum Gasteiger partial charge on any atom is -0.465 e. The molecule has 8 heteroatoms. The fourth-order valence-electron chi connectivity index (χ4n) is 2.86. The number of halogens is 2. The van der Waals surface area contributed by atoms with Crippen molar-refractivity contribution < 1.29 is 23.5 Å². The van der Waals surface area contributed by atoms with Gasteiger partial charge in [-0.05, 0) is 37.1 Å². The number of hydrogen-bond acceptors (Lipinski definition) is 4. The highest BCUT2D eigenvalue weighted by atomic mass is 32.1. The van der Waals surface area contributed by atoms with Crippen molar-refractivity contribution in [3.63, 3.8) is 0 Å². The Labute approximate surface area is 152 Å². The van der Waals surface area contributed by atoms with Crippen molar-refractivity contribution in [2.75, 3.05) is 13.1 Å². The van der Waals surface area contributed by atoms with Crippen LogP contribution in [0.5, 0.6) is 0 Å². The topological polar surface area (TPSA) is 70.5 Å². The number of carbonyl (C=O) groups is 2. The lowest BCUT2D eigenvalue weighted by Crippen LogP contribution is -2.36. The number of rotatable bonds is 4. The molecule has 1 saturated heterocycles. The van der Waals surface area contributed by atoms with Crippen molar-refractivity contribution in [1.29, 1.82) is 0 Å². The van der Waals surface area contributed by atoms with Crippen LogP contribution in [0.25, 0.3) is 6.08 Å². The number of amides is 1. The molecule has 0 bridgehead atoms. The predicted molar refractivity (Wildman–Crippen MR) is 93.4 cm³/mol. The summed E-state index contributed by atoms with van der Waals surface area (Å²) in [6, 6.07) is 3.27. The van der Waals surface area contributed by atoms with Crippen molar-refractivity contribution in [2.45, 2.75) is 18.8 Å². The Kier molecular flexibility index (Phi) is 5.41. The van der Waals surface area contributed by atoms with E-state index in [0.29, 0.717) is 31.6 Å². The summed E-state index contributed by atoms with van der Waals surface area (Å²) in [6.07, 6.45) is 3.02. The van der Waals surface area contributed by atoms with Crippen molar-refractivity contribution in [1.82, 2.24) is 9.88 Å². The largest absolute Gasteiger partial charge is 0.465 e. The van der Waals surface area contributed by atoms with Gasteiger partial charge in [0.1, 0.15) is 11.6 Å². The summed E-state index contributed by atoms with van der Waals surface area (Å²) < 4.78 is 27.2. The van der Waals surface area contributed by atoms with Crippen molar-refractivity contribution in [3.05, 3.63) is 57.6 Å². The van der Waals surface area contributed by atoms with Gasteiger partial charge in [0.05, 0.1) is 16.3 Å². The van der Waals surface area contributed by atoms with Gasteiger partial charge in [0.25, 0.3) is 0 Å². The highest BCUT2D eigenvalue weighted by Crippen LogP contribution is 2.30. The number of aromatic nitrogens is 1. The lowest BCUT2D eigenvalue weighted by atomic mass is 9.98. The summed E-state index contributed by atoms with van der Waals surface area (Å²) in [7, 11) is 0. The first-order valence-electron chi connectivity index (χ1n) is 8.05. The summed E-state index contributed by atoms with van der Waals surface area (Å²) in [5.74, 6) is -2.38. The minimum atomic E-state index is -0.912. The molecule has 1 aromatic heterocycles. The van der Waals surface area contributed by atoms with Crippen LogP contribution in [0, 0.1) is 11.6 Å². The van der Waals surface area contributed by atoms with Gasteiger partial charge in [-0.1, -0.05) is 6.07 Å². The Morgan fingerprint density at radius 1 is 1.23 bits per heavy atom. The second kappa shape index (κ2) is 7.74. The number of nitrogens with zero attached hydrogens (tertiary/aromatic N) is 2. The van der Waals surface area contributed by atoms with Crippen LogP contribution in [0.2, 0.25) is 0 Å². The Balaban J connectivity index is 1.66. The molecule has 1 N–H and O–H groups in total. The molecular weight excluding hydrogens is 362 g/mol. The van der Waals surface area contributed by atoms with E-state index in [0.717, 1.165) is 23.2 Å². The molecule has 1 amide bonds. The van der Waals surface area contributed by atoms with Crippen LogP contribution in [0.1, 0.15) is 39.8 Å². The van der Waals surface area contributed by atoms with Gasteiger partial charge in [-0.15, -0.1) is 11.3 Å². The van der Waals surface area contributed by atoms with E-state index < -0.39 is 29.1 Å². The molecule has 2 heterocycles. The van der Waals surface area contributed by atoms with Crippen molar-refractivity contribution in [2.24, 2.45) is 0 Å². The third-order valence-corrected chi connectivity index (χ3v) is 5.29. The van der Waals surface area contributed by atoms with Crippen LogP contribution in [0.3, 0.4) is 0 Å². The van der Waals surface area contributed by atoms with E-state index in [2.05, 4.69) is 4.98 Å². The van der Waals surface area contributed by atoms with E-state index >= 15 is 0 Å². The fraction of sp³-hybridized carbons (Fsp3) is 0.278. The van der Waals surface area contributed by atoms with Crippen molar-refractivity contribution in [3.8, 4) is 0 Å². The second-order valence-electron chi connectivity index (χ2n) is 5.95. The smallest absolute Gasteiger partial charge is 0.407 e. The molecule has 0 aliphatic carbocycles. The third kappa shape index (κ3) is 3.96. The van der Waals surface area contributed by atoms with E-state index in [9.17, 15) is 18.4 Å². The zero-order valence-electron chi connectivity index (χ0n) is 13.7. The number of benzene rings is 1. The van der Waals surface area contributed by atoms with Gasteiger partial charge in [-0.25, -0.2) is 18.6 Å². The highest BCUT2D eigenvalue weighted by Gasteiger charge is 2.25. The fourth-order valence-corrected chi connectivity index (χ4v) is 3.82. The van der Waals surface area contributed by atoms with Gasteiger partial charge >= 0.3 is 6.09 Å². The Hall–Kier alpha value is -2.61. The van der Waals surface area contributed by atoms with Gasteiger partial charge in [-0.3, -0.25) is 4.79 Å². The van der Waals surface area contributed by atoms with E-state index in [-0.39, 0.29) is 5.92 Å². The van der Waals surface area contributed by atoms with E-state index in [4.69, 9.17) is 5.11 Å². The molecule has 26 heavy (non-hydrogen) atoms. The SMILES string of the molecule is O=C(C=Cc1csc(C2CCN(C(=O)O)CC2)n1)c1c(F)cccc1F. The van der Waals surface area contributed by atoms with Gasteiger partial charge < -0.3 is 10.0 Å². The average Bonchev–Trinajstić information content (AvgIpc) is 3.09. The highest BCUT2D eigenvalue weighted by molar-refractivity contribution is 7.09. The standard InChI is InChI=1S/C18H16F2N2O3S/c19-13-2-1-3-14(20)16(13)15(23)5-4-12-10-26-17(21-12)11-6-8-22(9-7-11)18(24)25/h1-5,10-11H,6-9H2,(H,24,25). The number of thiazole rings is 1. The van der Waals surface area contributed by atoms with Crippen LogP contribution < -0.4 is 0 Å². The number of carboxylic acid groups (broad SMARTS) is 1. The zero-order valence-corrected chi connectivity index (χ0v) is 14.5. The molecule has 0 radical (unpaired) electrons. The molecule has 3 rings (SSSR count). The van der Waals surface area contributed by atoms with Crippen LogP contribution in [-0.4, -0.2) is 40.0 Å². The molecule has 2 aromatic rings. The number of piperidine rings is 1. The normalized spacial score (nSPS) is 15.5. The molecule has 136 valence electrons. The Bertz CT molecular complexity index is 838. The van der Waals surface area contributed by atoms with E-state index in [1.165, 1.54) is 28.4 Å². The first-order chi connectivity index (χ1) is 12.5. The van der Waals surface area contributed by atoms with Gasteiger partial charge in [0.15, 0.2) is 5.78 Å². The molecule has 0 saturated carbocycles. The molecule has 1 aliphatic rings. The molecule has 0 unspecified atom stereocenters. The quantitative estimate of drug-likeness (QED) is 0.640. The van der Waals surface area contributed by atoms with Crippen molar-refractivity contribution >= 4 is 29.3 Å². The maximum absolute atomic E-state index is 13.6. The second-order valence-corrected chi connectivity index (χ2v) is 6.84. The van der Waals surface area contributed by atoms with Crippen LogP contribution in [-0.2, 0) is 0 Å². The first-order valence-corrected chi connectivity index (χ1v) is 8.93. The first kappa shape index (κ1) is 18.2. The molecule has 0 atom stereocenters. The minimum absolute atomic E-state index is 0.178. The lowest BCUT2D eigenvalue weighted by Gasteiger charge is -2.28. The Morgan fingerprint density at radius 2 is 1.88 bits per heavy atom.